The van der Waals surface area contributed by atoms with E-state index in [1.165, 1.54) is 6.92 Å². The van der Waals surface area contributed by atoms with Crippen molar-refractivity contribution in [3.63, 3.8) is 0 Å². The van der Waals surface area contributed by atoms with Crippen molar-refractivity contribution in [2.45, 2.75) is 32.4 Å². The summed E-state index contributed by atoms with van der Waals surface area (Å²) in [6.45, 7) is 4.73. The fourth-order valence-corrected chi connectivity index (χ4v) is 2.10. The number of hydrogen-bond donors (Lipinski definition) is 3. The van der Waals surface area contributed by atoms with Gasteiger partial charge in [-0.2, -0.15) is 12.6 Å². The molecule has 98 valence electrons. The van der Waals surface area contributed by atoms with Crippen molar-refractivity contribution < 1.29 is 14.3 Å². The first-order chi connectivity index (χ1) is 8.04. The second kappa shape index (κ2) is 6.86. The van der Waals surface area contributed by atoms with E-state index in [1.54, 1.807) is 0 Å². The van der Waals surface area contributed by atoms with Gasteiger partial charge in [-0.25, -0.2) is 0 Å². The highest BCUT2D eigenvalue weighted by atomic mass is 32.1. The molecule has 6 heteroatoms. The zero-order chi connectivity index (χ0) is 12.8. The standard InChI is InChI=1S/C11H20N2O3S/c1-7-9(3-4-16-7)5-12-11(15)10(6-17)13-8(2)14/h7,9-10,17H,3-6H2,1-2H3,(H,12,15)(H,13,14). The lowest BCUT2D eigenvalue weighted by Crippen LogP contribution is -2.48. The van der Waals surface area contributed by atoms with Crippen molar-refractivity contribution in [2.75, 3.05) is 18.9 Å². The highest BCUT2D eigenvalue weighted by Gasteiger charge is 2.25. The highest BCUT2D eigenvalue weighted by Crippen LogP contribution is 2.19. The Labute approximate surface area is 107 Å². The lowest BCUT2D eigenvalue weighted by Gasteiger charge is -2.18. The first-order valence-corrected chi connectivity index (χ1v) is 6.45. The van der Waals surface area contributed by atoms with Gasteiger partial charge in [-0.05, 0) is 13.3 Å². The van der Waals surface area contributed by atoms with Crippen LogP contribution in [0.3, 0.4) is 0 Å². The van der Waals surface area contributed by atoms with E-state index in [0.29, 0.717) is 18.2 Å². The zero-order valence-electron chi connectivity index (χ0n) is 10.2. The summed E-state index contributed by atoms with van der Waals surface area (Å²) in [7, 11) is 0. The summed E-state index contributed by atoms with van der Waals surface area (Å²) in [5, 5.41) is 5.39. The molecule has 0 aromatic heterocycles. The molecule has 1 rings (SSSR count). The summed E-state index contributed by atoms with van der Waals surface area (Å²) in [5.74, 6) is 0.241. The molecular formula is C11H20N2O3S. The molecule has 3 atom stereocenters. The molecule has 0 radical (unpaired) electrons. The maximum atomic E-state index is 11.8. The smallest absolute Gasteiger partial charge is 0.243 e. The van der Waals surface area contributed by atoms with E-state index in [9.17, 15) is 9.59 Å². The van der Waals surface area contributed by atoms with Gasteiger partial charge < -0.3 is 15.4 Å². The number of rotatable bonds is 5. The van der Waals surface area contributed by atoms with E-state index < -0.39 is 6.04 Å². The number of nitrogens with one attached hydrogen (secondary N) is 2. The van der Waals surface area contributed by atoms with Crippen molar-refractivity contribution in [1.29, 1.82) is 0 Å². The third kappa shape index (κ3) is 4.55. The molecule has 1 aliphatic heterocycles. The van der Waals surface area contributed by atoms with Crippen molar-refractivity contribution in [3.8, 4) is 0 Å². The molecule has 0 saturated carbocycles. The van der Waals surface area contributed by atoms with Crippen LogP contribution in [0.25, 0.3) is 0 Å². The van der Waals surface area contributed by atoms with Crippen LogP contribution < -0.4 is 10.6 Å². The molecule has 1 heterocycles. The van der Waals surface area contributed by atoms with Gasteiger partial charge in [0.2, 0.25) is 11.8 Å². The second-order valence-electron chi connectivity index (χ2n) is 4.31. The minimum atomic E-state index is -0.562. The summed E-state index contributed by atoms with van der Waals surface area (Å²) in [6.07, 6.45) is 1.15. The van der Waals surface area contributed by atoms with Crippen LogP contribution in [0.4, 0.5) is 0 Å². The normalized spacial score (nSPS) is 25.4. The van der Waals surface area contributed by atoms with Gasteiger partial charge in [-0.3, -0.25) is 9.59 Å². The Bertz CT molecular complexity index is 286. The van der Waals surface area contributed by atoms with Crippen LogP contribution in [0.2, 0.25) is 0 Å². The number of ether oxygens (including phenoxy) is 1. The molecule has 0 bridgehead atoms. The van der Waals surface area contributed by atoms with E-state index in [4.69, 9.17) is 4.74 Å². The number of hydrogen-bond acceptors (Lipinski definition) is 4. The molecule has 0 aromatic carbocycles. The number of carbonyl (C=O) groups is 2. The molecule has 3 unspecified atom stereocenters. The van der Waals surface area contributed by atoms with Crippen LogP contribution in [0, 0.1) is 5.92 Å². The van der Waals surface area contributed by atoms with E-state index >= 15 is 0 Å². The number of amides is 2. The first-order valence-electron chi connectivity index (χ1n) is 5.82. The fourth-order valence-electron chi connectivity index (χ4n) is 1.84. The van der Waals surface area contributed by atoms with Crippen molar-refractivity contribution >= 4 is 24.4 Å². The molecule has 1 aliphatic rings. The van der Waals surface area contributed by atoms with Gasteiger partial charge in [0, 0.05) is 31.7 Å². The Morgan fingerprint density at radius 2 is 2.24 bits per heavy atom. The lowest BCUT2D eigenvalue weighted by atomic mass is 10.0. The van der Waals surface area contributed by atoms with E-state index in [0.717, 1.165) is 13.0 Å². The molecule has 0 aromatic rings. The van der Waals surface area contributed by atoms with Gasteiger partial charge >= 0.3 is 0 Å². The first kappa shape index (κ1) is 14.3. The average molecular weight is 260 g/mol. The lowest BCUT2D eigenvalue weighted by molar-refractivity contribution is -0.127. The summed E-state index contributed by atoms with van der Waals surface area (Å²) < 4.78 is 5.41. The summed E-state index contributed by atoms with van der Waals surface area (Å²) >= 11 is 4.05. The maximum Gasteiger partial charge on any atom is 0.243 e. The van der Waals surface area contributed by atoms with Crippen LogP contribution in [-0.2, 0) is 14.3 Å². The zero-order valence-corrected chi connectivity index (χ0v) is 11.1. The minimum Gasteiger partial charge on any atom is -0.378 e. The van der Waals surface area contributed by atoms with Crippen LogP contribution >= 0.6 is 12.6 Å². The van der Waals surface area contributed by atoms with Crippen molar-refractivity contribution in [3.05, 3.63) is 0 Å². The number of carbonyl (C=O) groups excluding carboxylic acids is 2. The van der Waals surface area contributed by atoms with Gasteiger partial charge in [-0.1, -0.05) is 0 Å². The third-order valence-electron chi connectivity index (χ3n) is 2.95. The average Bonchev–Trinajstić information content (AvgIpc) is 2.68. The largest absolute Gasteiger partial charge is 0.378 e. The highest BCUT2D eigenvalue weighted by molar-refractivity contribution is 7.80. The van der Waals surface area contributed by atoms with Crippen LogP contribution in [-0.4, -0.2) is 42.9 Å². The minimum absolute atomic E-state index is 0.186. The molecule has 17 heavy (non-hydrogen) atoms. The molecule has 0 aliphatic carbocycles. The predicted molar refractivity (Wildman–Crippen MR) is 68.0 cm³/mol. The summed E-state index contributed by atoms with van der Waals surface area (Å²) in [4.78, 5) is 22.6. The second-order valence-corrected chi connectivity index (χ2v) is 4.67. The SMILES string of the molecule is CC(=O)NC(CS)C(=O)NCC1CCOC1C. The molecule has 2 N–H and O–H groups in total. The van der Waals surface area contributed by atoms with Crippen molar-refractivity contribution in [2.24, 2.45) is 5.92 Å². The van der Waals surface area contributed by atoms with Crippen LogP contribution in [0.1, 0.15) is 20.3 Å². The van der Waals surface area contributed by atoms with Gasteiger partial charge in [0.25, 0.3) is 0 Å². The summed E-state index contributed by atoms with van der Waals surface area (Å²) in [5.41, 5.74) is 0. The van der Waals surface area contributed by atoms with E-state index in [-0.39, 0.29) is 17.9 Å². The van der Waals surface area contributed by atoms with Crippen LogP contribution in [0.15, 0.2) is 0 Å². The van der Waals surface area contributed by atoms with Crippen molar-refractivity contribution in [1.82, 2.24) is 10.6 Å². The van der Waals surface area contributed by atoms with Gasteiger partial charge in [0.05, 0.1) is 6.10 Å². The van der Waals surface area contributed by atoms with Gasteiger partial charge in [0.1, 0.15) is 6.04 Å². The molecule has 1 fully saturated rings. The Morgan fingerprint density at radius 1 is 1.53 bits per heavy atom. The number of thiol groups is 1. The molecule has 2 amide bonds. The Balaban J connectivity index is 2.34. The van der Waals surface area contributed by atoms with Gasteiger partial charge in [-0.15, -0.1) is 0 Å². The van der Waals surface area contributed by atoms with Gasteiger partial charge in [0.15, 0.2) is 0 Å². The predicted octanol–water partition coefficient (Wildman–Crippen LogP) is -0.0379. The van der Waals surface area contributed by atoms with Crippen LogP contribution in [0.5, 0.6) is 0 Å². The summed E-state index contributed by atoms with van der Waals surface area (Å²) in [6, 6.07) is -0.562. The quantitative estimate of drug-likeness (QED) is 0.608. The Morgan fingerprint density at radius 3 is 2.71 bits per heavy atom. The molecule has 0 spiro atoms. The molecule has 1 saturated heterocycles. The fraction of sp³-hybridized carbons (Fsp3) is 0.818. The van der Waals surface area contributed by atoms with E-state index in [1.807, 2.05) is 6.92 Å². The molecular weight excluding hydrogens is 240 g/mol. The Hall–Kier alpha value is -0.750. The Kier molecular flexibility index (Phi) is 5.77. The molecule has 5 nitrogen and oxygen atoms in total. The van der Waals surface area contributed by atoms with E-state index in [2.05, 4.69) is 23.3 Å². The maximum absolute atomic E-state index is 11.8. The topological polar surface area (TPSA) is 67.4 Å². The third-order valence-corrected chi connectivity index (χ3v) is 3.31. The monoisotopic (exact) mass is 260 g/mol.